The Hall–Kier alpha value is -2.54. The second-order valence-corrected chi connectivity index (χ2v) is 5.56. The molecule has 0 saturated carbocycles. The maximum absolute atomic E-state index is 12.9. The highest BCUT2D eigenvalue weighted by Gasteiger charge is 2.18. The summed E-state index contributed by atoms with van der Waals surface area (Å²) >= 11 is 3.27. The number of carboxylic acids is 1. The lowest BCUT2D eigenvalue weighted by Crippen LogP contribution is -2.10. The standard InChI is InChI=1S/C16H11BrFN3O2/c17-15-11-2-1-7-19-12(11)13(14(21-15)16(22)23)20-8-9-3-5-10(18)6-4-9/h1-7,20H,8H2,(H,22,23). The molecule has 1 aromatic carbocycles. The van der Waals surface area contributed by atoms with Crippen LogP contribution in [0.3, 0.4) is 0 Å². The Balaban J connectivity index is 2.04. The Kier molecular flexibility index (Phi) is 4.20. The number of benzene rings is 1. The van der Waals surface area contributed by atoms with Crippen LogP contribution in [0.25, 0.3) is 10.9 Å². The van der Waals surface area contributed by atoms with E-state index in [1.165, 1.54) is 12.1 Å². The molecule has 0 aliphatic heterocycles. The predicted octanol–water partition coefficient (Wildman–Crippen LogP) is 3.84. The fourth-order valence-corrected chi connectivity index (χ4v) is 2.71. The minimum absolute atomic E-state index is 0.120. The Morgan fingerprint density at radius 2 is 2.00 bits per heavy atom. The van der Waals surface area contributed by atoms with Crippen LogP contribution < -0.4 is 5.32 Å². The maximum atomic E-state index is 12.9. The number of aromatic nitrogens is 2. The van der Waals surface area contributed by atoms with Gasteiger partial charge in [0.1, 0.15) is 10.4 Å². The van der Waals surface area contributed by atoms with Gasteiger partial charge in [-0.25, -0.2) is 14.2 Å². The first-order valence-corrected chi connectivity index (χ1v) is 7.51. The fourth-order valence-electron chi connectivity index (χ4n) is 2.21. The van der Waals surface area contributed by atoms with E-state index < -0.39 is 5.97 Å². The van der Waals surface area contributed by atoms with Crippen LogP contribution in [0, 0.1) is 5.82 Å². The van der Waals surface area contributed by atoms with Gasteiger partial charge in [-0.15, -0.1) is 0 Å². The van der Waals surface area contributed by atoms with Crippen molar-refractivity contribution in [1.29, 1.82) is 0 Å². The molecular formula is C16H11BrFN3O2. The van der Waals surface area contributed by atoms with Crippen molar-refractivity contribution in [1.82, 2.24) is 9.97 Å². The molecule has 0 saturated heterocycles. The number of nitrogens with zero attached hydrogens (tertiary/aromatic N) is 2. The molecule has 0 bridgehead atoms. The van der Waals surface area contributed by atoms with Gasteiger partial charge in [-0.3, -0.25) is 4.98 Å². The van der Waals surface area contributed by atoms with E-state index >= 15 is 0 Å². The van der Waals surface area contributed by atoms with Crippen LogP contribution in [0.15, 0.2) is 47.2 Å². The zero-order valence-electron chi connectivity index (χ0n) is 11.8. The molecule has 0 spiro atoms. The zero-order valence-corrected chi connectivity index (χ0v) is 13.3. The van der Waals surface area contributed by atoms with E-state index in [0.29, 0.717) is 27.7 Å². The summed E-state index contributed by atoms with van der Waals surface area (Å²) in [6, 6.07) is 9.51. The van der Waals surface area contributed by atoms with Gasteiger partial charge in [0.15, 0.2) is 5.69 Å². The molecular weight excluding hydrogens is 365 g/mol. The van der Waals surface area contributed by atoms with Crippen LogP contribution >= 0.6 is 15.9 Å². The van der Waals surface area contributed by atoms with Crippen molar-refractivity contribution < 1.29 is 14.3 Å². The van der Waals surface area contributed by atoms with E-state index in [-0.39, 0.29) is 11.5 Å². The second-order valence-electron chi connectivity index (χ2n) is 4.81. The molecule has 0 amide bonds. The fraction of sp³-hybridized carbons (Fsp3) is 0.0625. The average molecular weight is 376 g/mol. The van der Waals surface area contributed by atoms with Crippen molar-refractivity contribution in [2.24, 2.45) is 0 Å². The van der Waals surface area contributed by atoms with E-state index in [2.05, 4.69) is 31.2 Å². The zero-order chi connectivity index (χ0) is 16.4. The number of nitrogens with one attached hydrogen (secondary N) is 1. The van der Waals surface area contributed by atoms with E-state index in [1.807, 2.05) is 0 Å². The Bertz CT molecular complexity index is 884. The first-order valence-electron chi connectivity index (χ1n) is 6.72. The van der Waals surface area contributed by atoms with Crippen molar-refractivity contribution in [2.45, 2.75) is 6.54 Å². The third kappa shape index (κ3) is 3.14. The molecule has 3 aromatic rings. The van der Waals surface area contributed by atoms with Crippen molar-refractivity contribution in [3.05, 3.63) is 64.3 Å². The summed E-state index contributed by atoms with van der Waals surface area (Å²) in [7, 11) is 0. The van der Waals surface area contributed by atoms with Gasteiger partial charge in [0.05, 0.1) is 11.2 Å². The Labute approximate surface area is 139 Å². The maximum Gasteiger partial charge on any atom is 0.356 e. The number of anilines is 1. The molecule has 0 aliphatic carbocycles. The summed E-state index contributed by atoms with van der Waals surface area (Å²) in [5.74, 6) is -1.47. The molecule has 2 aromatic heterocycles. The number of carbonyl (C=O) groups is 1. The summed E-state index contributed by atoms with van der Waals surface area (Å²) in [6.45, 7) is 0.329. The molecule has 2 N–H and O–H groups in total. The monoisotopic (exact) mass is 375 g/mol. The number of halogens is 2. The summed E-state index contributed by atoms with van der Waals surface area (Å²) < 4.78 is 13.4. The van der Waals surface area contributed by atoms with Crippen LogP contribution in [0.4, 0.5) is 10.1 Å². The third-order valence-corrected chi connectivity index (χ3v) is 3.90. The average Bonchev–Trinajstić information content (AvgIpc) is 2.55. The molecule has 23 heavy (non-hydrogen) atoms. The Morgan fingerprint density at radius 3 is 2.70 bits per heavy atom. The summed E-state index contributed by atoms with van der Waals surface area (Å²) in [5, 5.41) is 13.1. The van der Waals surface area contributed by atoms with Gasteiger partial charge in [0.25, 0.3) is 0 Å². The lowest BCUT2D eigenvalue weighted by molar-refractivity contribution is 0.0691. The molecule has 0 atom stereocenters. The van der Waals surface area contributed by atoms with Crippen molar-refractivity contribution in [3.8, 4) is 0 Å². The third-order valence-electron chi connectivity index (χ3n) is 3.30. The van der Waals surface area contributed by atoms with Gasteiger partial charge in [-0.2, -0.15) is 0 Å². The molecule has 0 radical (unpaired) electrons. The summed E-state index contributed by atoms with van der Waals surface area (Å²) in [4.78, 5) is 19.8. The Morgan fingerprint density at radius 1 is 1.26 bits per heavy atom. The highest BCUT2D eigenvalue weighted by molar-refractivity contribution is 9.10. The molecule has 0 aliphatic rings. The van der Waals surface area contributed by atoms with Crippen LogP contribution in [0.2, 0.25) is 0 Å². The minimum atomic E-state index is -1.15. The summed E-state index contributed by atoms with van der Waals surface area (Å²) in [6.07, 6.45) is 1.59. The van der Waals surface area contributed by atoms with Gasteiger partial charge in [-0.05, 0) is 45.8 Å². The predicted molar refractivity (Wildman–Crippen MR) is 87.9 cm³/mol. The number of fused-ring (bicyclic) bond motifs is 1. The van der Waals surface area contributed by atoms with Crippen molar-refractivity contribution in [3.63, 3.8) is 0 Å². The quantitative estimate of drug-likeness (QED) is 0.677. The van der Waals surface area contributed by atoms with Gasteiger partial charge < -0.3 is 10.4 Å². The summed E-state index contributed by atoms with van der Waals surface area (Å²) in [5.41, 5.74) is 1.54. The molecule has 2 heterocycles. The number of pyridine rings is 2. The smallest absolute Gasteiger partial charge is 0.356 e. The van der Waals surface area contributed by atoms with Gasteiger partial charge in [0, 0.05) is 18.1 Å². The molecule has 5 nitrogen and oxygen atoms in total. The number of rotatable bonds is 4. The number of hydrogen-bond acceptors (Lipinski definition) is 4. The van der Waals surface area contributed by atoms with E-state index in [1.54, 1.807) is 30.5 Å². The van der Waals surface area contributed by atoms with Crippen LogP contribution in [-0.4, -0.2) is 21.0 Å². The van der Waals surface area contributed by atoms with Crippen molar-refractivity contribution in [2.75, 3.05) is 5.32 Å². The van der Waals surface area contributed by atoms with E-state index in [9.17, 15) is 14.3 Å². The largest absolute Gasteiger partial charge is 0.476 e. The lowest BCUT2D eigenvalue weighted by atomic mass is 10.1. The first-order chi connectivity index (χ1) is 11.1. The highest BCUT2D eigenvalue weighted by atomic mass is 79.9. The lowest BCUT2D eigenvalue weighted by Gasteiger charge is -2.12. The normalized spacial score (nSPS) is 10.7. The SMILES string of the molecule is O=C(O)c1nc(Br)c2cccnc2c1NCc1ccc(F)cc1. The van der Waals surface area contributed by atoms with E-state index in [4.69, 9.17) is 0 Å². The topological polar surface area (TPSA) is 75.1 Å². The van der Waals surface area contributed by atoms with Crippen LogP contribution in [0.5, 0.6) is 0 Å². The second kappa shape index (κ2) is 6.29. The molecule has 7 heteroatoms. The molecule has 3 rings (SSSR count). The van der Waals surface area contributed by atoms with Crippen molar-refractivity contribution >= 4 is 38.5 Å². The molecule has 0 fully saturated rings. The van der Waals surface area contributed by atoms with Crippen LogP contribution in [-0.2, 0) is 6.54 Å². The first kappa shape index (κ1) is 15.4. The van der Waals surface area contributed by atoms with Gasteiger partial charge >= 0.3 is 5.97 Å². The van der Waals surface area contributed by atoms with Gasteiger partial charge in [-0.1, -0.05) is 12.1 Å². The number of carboxylic acid groups (broad SMARTS) is 1. The molecule has 0 unspecified atom stereocenters. The van der Waals surface area contributed by atoms with Crippen LogP contribution in [0.1, 0.15) is 16.1 Å². The van der Waals surface area contributed by atoms with E-state index in [0.717, 1.165) is 5.56 Å². The number of aromatic carboxylic acids is 1. The molecule has 116 valence electrons. The highest BCUT2D eigenvalue weighted by Crippen LogP contribution is 2.30. The number of hydrogen-bond donors (Lipinski definition) is 2. The van der Waals surface area contributed by atoms with Gasteiger partial charge in [0.2, 0.25) is 0 Å². The minimum Gasteiger partial charge on any atom is -0.476 e.